The molecule has 0 fully saturated rings. The van der Waals surface area contributed by atoms with Crippen LogP contribution in [0.5, 0.6) is 5.75 Å². The lowest BCUT2D eigenvalue weighted by atomic mass is 10.2. The molecule has 0 radical (unpaired) electrons. The standard InChI is InChI=1S/C16H19N3O/c1-3-14-11-15(19(4-2)18-14)12-20-16-7-5-13(6-8-16)9-10-17/h5-8,11H,3-4,9,12H2,1-2H3. The molecule has 0 unspecified atom stereocenters. The molecule has 0 atom stereocenters. The summed E-state index contributed by atoms with van der Waals surface area (Å²) in [5.41, 5.74) is 3.19. The smallest absolute Gasteiger partial charge is 0.130 e. The van der Waals surface area contributed by atoms with E-state index in [4.69, 9.17) is 10.00 Å². The molecule has 104 valence electrons. The molecular weight excluding hydrogens is 250 g/mol. The van der Waals surface area contributed by atoms with Crippen LogP contribution in [0.2, 0.25) is 0 Å². The summed E-state index contributed by atoms with van der Waals surface area (Å²) in [4.78, 5) is 0. The van der Waals surface area contributed by atoms with E-state index in [0.29, 0.717) is 13.0 Å². The van der Waals surface area contributed by atoms with Crippen molar-refractivity contribution in [3.05, 3.63) is 47.3 Å². The van der Waals surface area contributed by atoms with E-state index >= 15 is 0 Å². The van der Waals surface area contributed by atoms with Gasteiger partial charge in [0.05, 0.1) is 23.9 Å². The van der Waals surface area contributed by atoms with E-state index < -0.39 is 0 Å². The molecular formula is C16H19N3O. The number of aryl methyl sites for hydroxylation is 2. The molecule has 1 aromatic heterocycles. The fraction of sp³-hybridized carbons (Fsp3) is 0.375. The first-order valence-electron chi connectivity index (χ1n) is 6.91. The summed E-state index contributed by atoms with van der Waals surface area (Å²) in [6.07, 6.45) is 1.37. The van der Waals surface area contributed by atoms with Gasteiger partial charge in [0.25, 0.3) is 0 Å². The van der Waals surface area contributed by atoms with Gasteiger partial charge in [-0.15, -0.1) is 0 Å². The topological polar surface area (TPSA) is 50.8 Å². The Morgan fingerprint density at radius 2 is 2.00 bits per heavy atom. The van der Waals surface area contributed by atoms with Gasteiger partial charge in [-0.2, -0.15) is 10.4 Å². The minimum Gasteiger partial charge on any atom is -0.487 e. The number of nitriles is 1. The molecule has 2 aromatic rings. The molecule has 0 spiro atoms. The van der Waals surface area contributed by atoms with Gasteiger partial charge in [0.15, 0.2) is 0 Å². The second-order valence-electron chi connectivity index (χ2n) is 4.56. The SMILES string of the molecule is CCc1cc(COc2ccc(CC#N)cc2)n(CC)n1. The summed E-state index contributed by atoms with van der Waals surface area (Å²) in [6, 6.07) is 11.9. The molecule has 0 aliphatic rings. The van der Waals surface area contributed by atoms with Gasteiger partial charge in [-0.05, 0) is 37.1 Å². The summed E-state index contributed by atoms with van der Waals surface area (Å²) < 4.78 is 7.76. The van der Waals surface area contributed by atoms with Crippen LogP contribution in [-0.4, -0.2) is 9.78 Å². The average Bonchev–Trinajstić information content (AvgIpc) is 2.89. The van der Waals surface area contributed by atoms with Crippen molar-refractivity contribution in [2.45, 2.75) is 39.8 Å². The molecule has 0 N–H and O–H groups in total. The first-order valence-corrected chi connectivity index (χ1v) is 6.91. The minimum atomic E-state index is 0.433. The van der Waals surface area contributed by atoms with Crippen molar-refractivity contribution >= 4 is 0 Å². The molecule has 0 bridgehead atoms. The van der Waals surface area contributed by atoms with Crippen molar-refractivity contribution < 1.29 is 4.74 Å². The molecule has 1 heterocycles. The van der Waals surface area contributed by atoms with Crippen LogP contribution in [0.1, 0.15) is 30.8 Å². The van der Waals surface area contributed by atoms with E-state index in [1.165, 1.54) is 0 Å². The zero-order chi connectivity index (χ0) is 14.4. The Labute approximate surface area is 119 Å². The molecule has 4 heteroatoms. The lowest BCUT2D eigenvalue weighted by molar-refractivity contribution is 0.292. The molecule has 0 aliphatic heterocycles. The lowest BCUT2D eigenvalue weighted by Crippen LogP contribution is -2.06. The predicted molar refractivity (Wildman–Crippen MR) is 77.4 cm³/mol. The number of ether oxygens (including phenoxy) is 1. The summed E-state index contributed by atoms with van der Waals surface area (Å²) in [6.45, 7) is 5.53. The van der Waals surface area contributed by atoms with Gasteiger partial charge in [0.2, 0.25) is 0 Å². The first kappa shape index (κ1) is 14.1. The normalized spacial score (nSPS) is 10.2. The zero-order valence-corrected chi connectivity index (χ0v) is 12.0. The summed E-state index contributed by atoms with van der Waals surface area (Å²) in [5.74, 6) is 0.814. The Bertz CT molecular complexity index is 593. The largest absolute Gasteiger partial charge is 0.487 e. The number of nitrogens with zero attached hydrogens (tertiary/aromatic N) is 3. The number of hydrogen-bond donors (Lipinski definition) is 0. The van der Waals surface area contributed by atoms with Gasteiger partial charge in [-0.25, -0.2) is 0 Å². The highest BCUT2D eigenvalue weighted by Gasteiger charge is 2.06. The minimum absolute atomic E-state index is 0.433. The van der Waals surface area contributed by atoms with Gasteiger partial charge < -0.3 is 4.74 Å². The lowest BCUT2D eigenvalue weighted by Gasteiger charge is -2.08. The maximum atomic E-state index is 8.63. The van der Waals surface area contributed by atoms with Crippen molar-refractivity contribution in [2.75, 3.05) is 0 Å². The van der Waals surface area contributed by atoms with Crippen LogP contribution in [0.15, 0.2) is 30.3 Å². The zero-order valence-electron chi connectivity index (χ0n) is 12.0. The van der Waals surface area contributed by atoms with Gasteiger partial charge in [-0.3, -0.25) is 4.68 Å². The molecule has 20 heavy (non-hydrogen) atoms. The van der Waals surface area contributed by atoms with E-state index in [0.717, 1.165) is 35.7 Å². The second kappa shape index (κ2) is 6.76. The fourth-order valence-electron chi connectivity index (χ4n) is 2.03. The number of aromatic nitrogens is 2. The van der Waals surface area contributed by atoms with Gasteiger partial charge >= 0.3 is 0 Å². The van der Waals surface area contributed by atoms with E-state index in [2.05, 4.69) is 31.1 Å². The van der Waals surface area contributed by atoms with Crippen molar-refractivity contribution in [2.24, 2.45) is 0 Å². The van der Waals surface area contributed by atoms with Crippen LogP contribution in [0.3, 0.4) is 0 Å². The molecule has 0 saturated carbocycles. The monoisotopic (exact) mass is 269 g/mol. The highest BCUT2D eigenvalue weighted by Crippen LogP contribution is 2.15. The van der Waals surface area contributed by atoms with Gasteiger partial charge in [-0.1, -0.05) is 19.1 Å². The second-order valence-corrected chi connectivity index (χ2v) is 4.56. The number of hydrogen-bond acceptors (Lipinski definition) is 3. The first-order chi connectivity index (χ1) is 9.76. The van der Waals surface area contributed by atoms with E-state index in [1.54, 1.807) is 0 Å². The number of benzene rings is 1. The Kier molecular flexibility index (Phi) is 4.78. The predicted octanol–water partition coefficient (Wildman–Crippen LogP) is 3.11. The third kappa shape index (κ3) is 3.39. The van der Waals surface area contributed by atoms with Crippen molar-refractivity contribution in [1.82, 2.24) is 9.78 Å². The third-order valence-corrected chi connectivity index (χ3v) is 3.17. The maximum Gasteiger partial charge on any atom is 0.130 e. The van der Waals surface area contributed by atoms with Crippen LogP contribution in [0.25, 0.3) is 0 Å². The van der Waals surface area contributed by atoms with Gasteiger partial charge in [0, 0.05) is 6.54 Å². The fourth-order valence-corrected chi connectivity index (χ4v) is 2.03. The van der Waals surface area contributed by atoms with Gasteiger partial charge in [0.1, 0.15) is 12.4 Å². The highest BCUT2D eigenvalue weighted by atomic mass is 16.5. The average molecular weight is 269 g/mol. The molecule has 0 aliphatic carbocycles. The molecule has 0 saturated heterocycles. The summed E-state index contributed by atoms with van der Waals surface area (Å²) in [7, 11) is 0. The Morgan fingerprint density at radius 1 is 1.25 bits per heavy atom. The van der Waals surface area contributed by atoms with Crippen LogP contribution in [-0.2, 0) is 26.0 Å². The summed E-state index contributed by atoms with van der Waals surface area (Å²) in [5, 5.41) is 13.1. The molecule has 0 amide bonds. The molecule has 4 nitrogen and oxygen atoms in total. The van der Waals surface area contributed by atoms with E-state index in [-0.39, 0.29) is 0 Å². The van der Waals surface area contributed by atoms with Crippen molar-refractivity contribution in [3.63, 3.8) is 0 Å². The molecule has 1 aromatic carbocycles. The van der Waals surface area contributed by atoms with Crippen LogP contribution >= 0.6 is 0 Å². The van der Waals surface area contributed by atoms with Crippen molar-refractivity contribution in [1.29, 1.82) is 5.26 Å². The highest BCUT2D eigenvalue weighted by molar-refractivity contribution is 5.28. The van der Waals surface area contributed by atoms with Crippen LogP contribution < -0.4 is 4.74 Å². The van der Waals surface area contributed by atoms with Crippen molar-refractivity contribution in [3.8, 4) is 11.8 Å². The quantitative estimate of drug-likeness (QED) is 0.809. The van der Waals surface area contributed by atoms with E-state index in [9.17, 15) is 0 Å². The summed E-state index contributed by atoms with van der Waals surface area (Å²) >= 11 is 0. The third-order valence-electron chi connectivity index (χ3n) is 3.17. The number of rotatable bonds is 6. The van der Waals surface area contributed by atoms with Crippen LogP contribution in [0, 0.1) is 11.3 Å². The Balaban J connectivity index is 2.01. The Hall–Kier alpha value is -2.28. The van der Waals surface area contributed by atoms with E-state index in [1.807, 2.05) is 28.9 Å². The molecule has 2 rings (SSSR count). The van der Waals surface area contributed by atoms with Crippen LogP contribution in [0.4, 0.5) is 0 Å². The maximum absolute atomic E-state index is 8.63. The Morgan fingerprint density at radius 3 is 2.60 bits per heavy atom.